The fourth-order valence-electron chi connectivity index (χ4n) is 1.98. The number of hydrogen-bond donors (Lipinski definition) is 1. The molecule has 2 aromatic rings. The molecule has 0 aliphatic rings. The van der Waals surface area contributed by atoms with E-state index in [0.717, 1.165) is 34.0 Å². The predicted octanol–water partition coefficient (Wildman–Crippen LogP) is 4.62. The maximum Gasteiger partial charge on any atom is 0.121 e. The zero-order valence-corrected chi connectivity index (χ0v) is 11.9. The van der Waals surface area contributed by atoms with E-state index in [4.69, 9.17) is 22.1 Å². The third-order valence-corrected chi connectivity index (χ3v) is 3.46. The number of benzene rings is 2. The molecule has 0 spiro atoms. The lowest BCUT2D eigenvalue weighted by molar-refractivity contribution is 0.227. The zero-order valence-electron chi connectivity index (χ0n) is 11.2. The molecule has 0 fully saturated rings. The van der Waals surface area contributed by atoms with Gasteiger partial charge in [0.25, 0.3) is 0 Å². The third kappa shape index (κ3) is 3.42. The average Bonchev–Trinajstić information content (AvgIpc) is 2.41. The molecule has 1 atom stereocenters. The van der Waals surface area contributed by atoms with Crippen LogP contribution in [-0.4, -0.2) is 0 Å². The van der Waals surface area contributed by atoms with E-state index in [1.54, 1.807) is 0 Å². The monoisotopic (exact) mass is 275 g/mol. The van der Waals surface area contributed by atoms with Crippen molar-refractivity contribution >= 4 is 17.3 Å². The number of ether oxygens (including phenoxy) is 1. The first-order valence-corrected chi connectivity index (χ1v) is 6.78. The molecule has 100 valence electrons. The molecule has 0 amide bonds. The van der Waals surface area contributed by atoms with E-state index in [1.165, 1.54) is 0 Å². The highest BCUT2D eigenvalue weighted by Gasteiger charge is 2.09. The van der Waals surface area contributed by atoms with Crippen LogP contribution in [0, 0.1) is 0 Å². The maximum absolute atomic E-state index is 6.10. The van der Waals surface area contributed by atoms with Crippen molar-refractivity contribution in [1.29, 1.82) is 0 Å². The van der Waals surface area contributed by atoms with Gasteiger partial charge in [-0.1, -0.05) is 30.7 Å². The second kappa shape index (κ2) is 5.98. The van der Waals surface area contributed by atoms with Crippen molar-refractivity contribution < 1.29 is 4.74 Å². The first-order valence-electron chi connectivity index (χ1n) is 6.40. The van der Waals surface area contributed by atoms with Gasteiger partial charge in [-0.3, -0.25) is 0 Å². The minimum Gasteiger partial charge on any atom is -0.486 e. The summed E-state index contributed by atoms with van der Waals surface area (Å²) in [5, 5.41) is 0.784. The van der Waals surface area contributed by atoms with Crippen molar-refractivity contribution in [3.05, 3.63) is 58.6 Å². The smallest absolute Gasteiger partial charge is 0.121 e. The predicted molar refractivity (Wildman–Crippen MR) is 80.7 cm³/mol. The third-order valence-electron chi connectivity index (χ3n) is 3.09. The summed E-state index contributed by atoms with van der Waals surface area (Å²) in [6.07, 6.45) is 0.845. The van der Waals surface area contributed by atoms with E-state index in [1.807, 2.05) is 49.4 Å². The van der Waals surface area contributed by atoms with Gasteiger partial charge in [0.05, 0.1) is 0 Å². The van der Waals surface area contributed by atoms with Gasteiger partial charge in [0.1, 0.15) is 11.9 Å². The van der Waals surface area contributed by atoms with Gasteiger partial charge < -0.3 is 10.5 Å². The molecule has 0 aromatic heterocycles. The lowest BCUT2D eigenvalue weighted by Gasteiger charge is -2.16. The summed E-state index contributed by atoms with van der Waals surface area (Å²) in [6, 6.07) is 13.5. The molecule has 2 aromatic carbocycles. The van der Waals surface area contributed by atoms with Gasteiger partial charge in [-0.2, -0.15) is 0 Å². The lowest BCUT2D eigenvalue weighted by atomic mass is 10.1. The summed E-state index contributed by atoms with van der Waals surface area (Å²) < 4.78 is 5.94. The fourth-order valence-corrected chi connectivity index (χ4v) is 2.23. The highest BCUT2D eigenvalue weighted by Crippen LogP contribution is 2.27. The van der Waals surface area contributed by atoms with Crippen LogP contribution in [0.3, 0.4) is 0 Å². The molecule has 0 radical (unpaired) electrons. The Hall–Kier alpha value is -1.67. The Labute approximate surface area is 119 Å². The summed E-state index contributed by atoms with van der Waals surface area (Å²) in [5.74, 6) is 0.830. The molecular weight excluding hydrogens is 258 g/mol. The average molecular weight is 276 g/mol. The Morgan fingerprint density at radius 1 is 1.21 bits per heavy atom. The molecule has 0 saturated carbocycles. The van der Waals surface area contributed by atoms with Crippen molar-refractivity contribution in [3.63, 3.8) is 0 Å². The summed E-state index contributed by atoms with van der Waals surface area (Å²) in [6.45, 7) is 4.08. The molecule has 0 saturated heterocycles. The molecule has 2 N–H and O–H groups in total. The van der Waals surface area contributed by atoms with E-state index in [9.17, 15) is 0 Å². The highest BCUT2D eigenvalue weighted by molar-refractivity contribution is 6.31. The second-order valence-electron chi connectivity index (χ2n) is 4.54. The Balaban J connectivity index is 2.17. The van der Waals surface area contributed by atoms with Crippen LogP contribution in [0.2, 0.25) is 5.02 Å². The Bertz CT molecular complexity index is 568. The molecule has 2 rings (SSSR count). The van der Waals surface area contributed by atoms with E-state index in [0.29, 0.717) is 0 Å². The van der Waals surface area contributed by atoms with E-state index >= 15 is 0 Å². The molecule has 0 aliphatic heterocycles. The van der Waals surface area contributed by atoms with Crippen LogP contribution in [0.4, 0.5) is 5.69 Å². The van der Waals surface area contributed by atoms with Gasteiger partial charge in [0.15, 0.2) is 0 Å². The topological polar surface area (TPSA) is 35.2 Å². The summed E-state index contributed by atoms with van der Waals surface area (Å²) in [7, 11) is 0. The van der Waals surface area contributed by atoms with Crippen molar-refractivity contribution in [2.24, 2.45) is 0 Å². The van der Waals surface area contributed by atoms with Crippen LogP contribution in [0.1, 0.15) is 31.1 Å². The van der Waals surface area contributed by atoms with E-state index < -0.39 is 0 Å². The minimum absolute atomic E-state index is 0.0469. The Morgan fingerprint density at radius 2 is 2.00 bits per heavy atom. The van der Waals surface area contributed by atoms with Crippen LogP contribution >= 0.6 is 11.6 Å². The number of rotatable bonds is 4. The van der Waals surface area contributed by atoms with Gasteiger partial charge in [-0.05, 0) is 54.8 Å². The van der Waals surface area contributed by atoms with Gasteiger partial charge in [0.2, 0.25) is 0 Å². The molecule has 3 heteroatoms. The van der Waals surface area contributed by atoms with Crippen LogP contribution in [0.15, 0.2) is 42.5 Å². The molecule has 0 heterocycles. The maximum atomic E-state index is 6.10. The highest BCUT2D eigenvalue weighted by atomic mass is 35.5. The molecule has 0 bridgehead atoms. The van der Waals surface area contributed by atoms with Crippen LogP contribution in [0.25, 0.3) is 0 Å². The quantitative estimate of drug-likeness (QED) is 0.826. The number of hydrogen-bond acceptors (Lipinski definition) is 2. The van der Waals surface area contributed by atoms with Crippen molar-refractivity contribution in [3.8, 4) is 5.75 Å². The van der Waals surface area contributed by atoms with Crippen molar-refractivity contribution in [2.75, 3.05) is 5.73 Å². The largest absolute Gasteiger partial charge is 0.486 e. The van der Waals surface area contributed by atoms with Gasteiger partial charge >= 0.3 is 0 Å². The first kappa shape index (κ1) is 13.8. The number of anilines is 1. The zero-order chi connectivity index (χ0) is 13.8. The fraction of sp³-hybridized carbons (Fsp3) is 0.250. The molecular formula is C16H18ClNO. The van der Waals surface area contributed by atoms with Crippen molar-refractivity contribution in [1.82, 2.24) is 0 Å². The number of nitrogens with two attached hydrogens (primary N) is 1. The molecule has 2 nitrogen and oxygen atoms in total. The van der Waals surface area contributed by atoms with Crippen LogP contribution in [-0.2, 0) is 6.42 Å². The first-order chi connectivity index (χ1) is 9.10. The number of halogens is 1. The molecule has 1 unspecified atom stereocenters. The standard InChI is InChI=1S/C16H18ClNO/c1-3-12-10-15(7-8-16(12)17)19-11(2)13-5-4-6-14(18)9-13/h4-11H,3,18H2,1-2H3. The van der Waals surface area contributed by atoms with E-state index in [-0.39, 0.29) is 6.10 Å². The summed E-state index contributed by atoms with van der Waals surface area (Å²) in [5.41, 5.74) is 8.69. The van der Waals surface area contributed by atoms with Crippen LogP contribution < -0.4 is 10.5 Å². The normalized spacial score (nSPS) is 12.2. The summed E-state index contributed by atoms with van der Waals surface area (Å²) >= 11 is 6.10. The van der Waals surface area contributed by atoms with Crippen LogP contribution in [0.5, 0.6) is 5.75 Å². The molecule has 19 heavy (non-hydrogen) atoms. The van der Waals surface area contributed by atoms with Gasteiger partial charge in [-0.25, -0.2) is 0 Å². The Morgan fingerprint density at radius 3 is 2.68 bits per heavy atom. The Kier molecular flexibility index (Phi) is 4.33. The number of nitrogen functional groups attached to an aromatic ring is 1. The summed E-state index contributed by atoms with van der Waals surface area (Å²) in [4.78, 5) is 0. The minimum atomic E-state index is -0.0469. The van der Waals surface area contributed by atoms with Gasteiger partial charge in [-0.15, -0.1) is 0 Å². The number of aryl methyl sites for hydroxylation is 1. The lowest BCUT2D eigenvalue weighted by Crippen LogP contribution is -2.04. The second-order valence-corrected chi connectivity index (χ2v) is 4.94. The molecule has 0 aliphatic carbocycles. The van der Waals surface area contributed by atoms with E-state index in [2.05, 4.69) is 6.92 Å². The van der Waals surface area contributed by atoms with Crippen molar-refractivity contribution in [2.45, 2.75) is 26.4 Å². The SMILES string of the molecule is CCc1cc(OC(C)c2cccc(N)c2)ccc1Cl. The van der Waals surface area contributed by atoms with Gasteiger partial charge in [0, 0.05) is 10.7 Å².